The van der Waals surface area contributed by atoms with Crippen LogP contribution in [0.25, 0.3) is 6.08 Å². The summed E-state index contributed by atoms with van der Waals surface area (Å²) in [6.07, 6.45) is 1.68. The fraction of sp³-hybridized carbons (Fsp3) is 0.200. The second-order valence-electron chi connectivity index (χ2n) is 6.25. The first-order valence-corrected chi connectivity index (χ1v) is 10.6. The van der Waals surface area contributed by atoms with Gasteiger partial charge in [0.05, 0.1) is 9.93 Å². The Balaban J connectivity index is 1.72. The highest BCUT2D eigenvalue weighted by Crippen LogP contribution is 2.34. The Kier molecular flexibility index (Phi) is 6.49. The molecule has 3 rings (SSSR count). The van der Waals surface area contributed by atoms with Crippen LogP contribution in [0.3, 0.4) is 0 Å². The number of ether oxygens (including phenoxy) is 1. The Bertz CT molecular complexity index is 912. The summed E-state index contributed by atoms with van der Waals surface area (Å²) in [5.41, 5.74) is 1.80. The molecule has 1 aliphatic heterocycles. The summed E-state index contributed by atoms with van der Waals surface area (Å²) in [7, 11) is 0. The number of benzene rings is 2. The third kappa shape index (κ3) is 4.86. The van der Waals surface area contributed by atoms with Crippen molar-refractivity contribution < 1.29 is 14.3 Å². The lowest BCUT2D eigenvalue weighted by Gasteiger charge is -2.16. The monoisotopic (exact) mass is 513 g/mol. The van der Waals surface area contributed by atoms with E-state index in [4.69, 9.17) is 16.3 Å². The van der Waals surface area contributed by atoms with Crippen LogP contribution in [0.4, 0.5) is 4.79 Å². The Labute approximate surface area is 181 Å². The SMILES string of the molecule is CC(C)N1C(=O)S/C(=C\c2ccc(OCc3ccc(I)cc3)c(Cl)c2)C1=O. The molecule has 0 saturated carbocycles. The zero-order valence-corrected chi connectivity index (χ0v) is 18.5. The van der Waals surface area contributed by atoms with E-state index in [-0.39, 0.29) is 17.2 Å². The predicted molar refractivity (Wildman–Crippen MR) is 118 cm³/mol. The molecule has 2 aromatic carbocycles. The molecule has 0 aliphatic carbocycles. The third-order valence-corrected chi connectivity index (χ3v) is 5.80. The van der Waals surface area contributed by atoms with Crippen molar-refractivity contribution in [3.05, 3.63) is 67.1 Å². The molecule has 4 nitrogen and oxygen atoms in total. The molecule has 140 valence electrons. The summed E-state index contributed by atoms with van der Waals surface area (Å²) < 4.78 is 6.95. The number of imide groups is 1. The zero-order chi connectivity index (χ0) is 19.6. The largest absolute Gasteiger partial charge is 0.487 e. The summed E-state index contributed by atoms with van der Waals surface area (Å²) in [5, 5.41) is 0.210. The molecule has 1 heterocycles. The topological polar surface area (TPSA) is 46.6 Å². The lowest BCUT2D eigenvalue weighted by atomic mass is 10.2. The highest BCUT2D eigenvalue weighted by molar-refractivity contribution is 14.1. The minimum atomic E-state index is -0.268. The van der Waals surface area contributed by atoms with Crippen LogP contribution in [0.2, 0.25) is 5.02 Å². The molecule has 0 unspecified atom stereocenters. The van der Waals surface area contributed by atoms with E-state index in [1.165, 1.54) is 8.47 Å². The lowest BCUT2D eigenvalue weighted by molar-refractivity contribution is -0.123. The molecule has 0 radical (unpaired) electrons. The van der Waals surface area contributed by atoms with Crippen molar-refractivity contribution in [3.8, 4) is 5.75 Å². The number of nitrogens with zero attached hydrogens (tertiary/aromatic N) is 1. The molecule has 1 fully saturated rings. The van der Waals surface area contributed by atoms with Gasteiger partial charge in [0.25, 0.3) is 11.1 Å². The maximum atomic E-state index is 12.4. The average Bonchev–Trinajstić information content (AvgIpc) is 2.89. The van der Waals surface area contributed by atoms with Crippen LogP contribution in [0, 0.1) is 3.57 Å². The molecule has 1 aliphatic rings. The van der Waals surface area contributed by atoms with Gasteiger partial charge < -0.3 is 4.74 Å². The standard InChI is InChI=1S/C20H17ClINO3S/c1-12(2)23-19(24)18(27-20(23)25)10-14-5-8-17(16(21)9-14)26-11-13-3-6-15(22)7-4-13/h3-10,12H,11H2,1-2H3/b18-10-. The normalized spacial score (nSPS) is 15.9. The average molecular weight is 514 g/mol. The maximum Gasteiger partial charge on any atom is 0.293 e. The quantitative estimate of drug-likeness (QED) is 0.365. The zero-order valence-electron chi connectivity index (χ0n) is 14.7. The Morgan fingerprint density at radius 1 is 1.19 bits per heavy atom. The minimum absolute atomic E-state index is 0.163. The number of rotatable bonds is 5. The van der Waals surface area contributed by atoms with E-state index in [0.717, 1.165) is 22.9 Å². The smallest absolute Gasteiger partial charge is 0.293 e. The van der Waals surface area contributed by atoms with E-state index in [1.54, 1.807) is 18.2 Å². The molecule has 27 heavy (non-hydrogen) atoms. The molecule has 0 spiro atoms. The van der Waals surface area contributed by atoms with Gasteiger partial charge in [-0.05, 0) is 89.7 Å². The first-order chi connectivity index (χ1) is 12.8. The van der Waals surface area contributed by atoms with Crippen molar-refractivity contribution in [1.82, 2.24) is 4.90 Å². The fourth-order valence-corrected chi connectivity index (χ4v) is 4.11. The van der Waals surface area contributed by atoms with Gasteiger partial charge in [-0.2, -0.15) is 0 Å². The van der Waals surface area contributed by atoms with Gasteiger partial charge in [-0.3, -0.25) is 14.5 Å². The highest BCUT2D eigenvalue weighted by Gasteiger charge is 2.36. The Morgan fingerprint density at radius 2 is 1.89 bits per heavy atom. The molecule has 1 saturated heterocycles. The van der Waals surface area contributed by atoms with Gasteiger partial charge in [-0.25, -0.2) is 0 Å². The summed E-state index contributed by atoms with van der Waals surface area (Å²) in [5.74, 6) is 0.304. The van der Waals surface area contributed by atoms with Crippen molar-refractivity contribution >= 4 is 63.2 Å². The first kappa shape index (κ1) is 20.2. The number of thioether (sulfide) groups is 1. The van der Waals surface area contributed by atoms with E-state index in [1.807, 2.05) is 44.2 Å². The molecule has 0 atom stereocenters. The first-order valence-electron chi connectivity index (χ1n) is 8.29. The maximum absolute atomic E-state index is 12.4. The van der Waals surface area contributed by atoms with Gasteiger partial charge >= 0.3 is 0 Å². The number of halogens is 2. The van der Waals surface area contributed by atoms with Crippen LogP contribution >= 0.6 is 46.0 Å². The van der Waals surface area contributed by atoms with Crippen molar-refractivity contribution in [2.45, 2.75) is 26.5 Å². The van der Waals surface area contributed by atoms with E-state index in [9.17, 15) is 9.59 Å². The number of carbonyl (C=O) groups excluding carboxylic acids is 2. The number of carbonyl (C=O) groups is 2. The van der Waals surface area contributed by atoms with Crippen LogP contribution in [0.1, 0.15) is 25.0 Å². The molecule has 0 bridgehead atoms. The van der Waals surface area contributed by atoms with Crippen LogP contribution in [0.5, 0.6) is 5.75 Å². The lowest BCUT2D eigenvalue weighted by Crippen LogP contribution is -2.34. The van der Waals surface area contributed by atoms with E-state index < -0.39 is 0 Å². The van der Waals surface area contributed by atoms with Gasteiger partial charge in [0, 0.05) is 9.61 Å². The summed E-state index contributed by atoms with van der Waals surface area (Å²) in [4.78, 5) is 26.0. The molecule has 7 heteroatoms. The minimum Gasteiger partial charge on any atom is -0.487 e. The number of hydrogen-bond donors (Lipinski definition) is 0. The molecular formula is C20H17ClINO3S. The summed E-state index contributed by atoms with van der Waals surface area (Å²) in [6, 6.07) is 13.2. The van der Waals surface area contributed by atoms with Crippen molar-refractivity contribution in [1.29, 1.82) is 0 Å². The van der Waals surface area contributed by atoms with E-state index in [0.29, 0.717) is 22.3 Å². The molecule has 0 N–H and O–H groups in total. The second kappa shape index (κ2) is 8.67. The molecule has 2 amide bonds. The fourth-order valence-electron chi connectivity index (χ4n) is 2.54. The molecule has 0 aromatic heterocycles. The van der Waals surface area contributed by atoms with Crippen LogP contribution in [0.15, 0.2) is 47.4 Å². The van der Waals surface area contributed by atoms with Crippen LogP contribution < -0.4 is 4.74 Å². The van der Waals surface area contributed by atoms with E-state index >= 15 is 0 Å². The number of hydrogen-bond acceptors (Lipinski definition) is 4. The highest BCUT2D eigenvalue weighted by atomic mass is 127. The van der Waals surface area contributed by atoms with Crippen molar-refractivity contribution in [2.24, 2.45) is 0 Å². The van der Waals surface area contributed by atoms with E-state index in [2.05, 4.69) is 22.6 Å². The van der Waals surface area contributed by atoms with Gasteiger partial charge in [0.2, 0.25) is 0 Å². The van der Waals surface area contributed by atoms with Gasteiger partial charge in [0.1, 0.15) is 12.4 Å². The van der Waals surface area contributed by atoms with Gasteiger partial charge in [-0.15, -0.1) is 0 Å². The van der Waals surface area contributed by atoms with Crippen LogP contribution in [-0.2, 0) is 11.4 Å². The van der Waals surface area contributed by atoms with Crippen LogP contribution in [-0.4, -0.2) is 22.1 Å². The van der Waals surface area contributed by atoms with Crippen molar-refractivity contribution in [2.75, 3.05) is 0 Å². The Morgan fingerprint density at radius 3 is 2.48 bits per heavy atom. The number of amides is 2. The van der Waals surface area contributed by atoms with Gasteiger partial charge in [-0.1, -0.05) is 29.8 Å². The summed E-state index contributed by atoms with van der Waals surface area (Å²) >= 11 is 9.53. The second-order valence-corrected chi connectivity index (χ2v) is 8.90. The Hall–Kier alpha value is -1.51. The third-order valence-electron chi connectivity index (χ3n) is 3.90. The molecule has 2 aromatic rings. The summed E-state index contributed by atoms with van der Waals surface area (Å²) in [6.45, 7) is 4.05. The van der Waals surface area contributed by atoms with Gasteiger partial charge in [0.15, 0.2) is 0 Å². The molecular weight excluding hydrogens is 497 g/mol. The predicted octanol–water partition coefficient (Wildman–Crippen LogP) is 5.97. The van der Waals surface area contributed by atoms with Crippen molar-refractivity contribution in [3.63, 3.8) is 0 Å².